The molecule has 0 bridgehead atoms. The highest BCUT2D eigenvalue weighted by Gasteiger charge is 2.16. The maximum absolute atomic E-state index is 9.94. The number of hydrogen-bond donors (Lipinski definition) is 1. The number of hydrogen-bond acceptors (Lipinski definition) is 7. The zero-order valence-electron chi connectivity index (χ0n) is 14.6. The Hall–Kier alpha value is -3.02. The lowest BCUT2D eigenvalue weighted by Crippen LogP contribution is -1.92. The smallest absolute Gasteiger partial charge is 0.231 e. The van der Waals surface area contributed by atoms with Crippen LogP contribution in [0.15, 0.2) is 40.2 Å². The van der Waals surface area contributed by atoms with E-state index in [4.69, 9.17) is 14.2 Å². The first-order chi connectivity index (χ1) is 13.6. The quantitative estimate of drug-likeness (QED) is 0.550. The number of thiazole rings is 1. The Balaban J connectivity index is 1.68. The number of ether oxygens (including phenoxy) is 3. The highest BCUT2D eigenvalue weighted by molar-refractivity contribution is 9.10. The van der Waals surface area contributed by atoms with E-state index in [0.29, 0.717) is 37.9 Å². The predicted molar refractivity (Wildman–Crippen MR) is 110 cm³/mol. The summed E-state index contributed by atoms with van der Waals surface area (Å²) in [7, 11) is 1.47. The van der Waals surface area contributed by atoms with E-state index in [-0.39, 0.29) is 12.5 Å². The molecule has 0 aliphatic carbocycles. The minimum Gasteiger partial charge on any atom is -0.503 e. The van der Waals surface area contributed by atoms with Crippen LogP contribution < -0.4 is 14.2 Å². The molecule has 1 aromatic heterocycles. The third-order valence-corrected chi connectivity index (χ3v) is 5.59. The van der Waals surface area contributed by atoms with Crippen LogP contribution in [-0.2, 0) is 0 Å². The van der Waals surface area contributed by atoms with Crippen molar-refractivity contribution in [2.75, 3.05) is 13.9 Å². The van der Waals surface area contributed by atoms with Crippen molar-refractivity contribution in [1.82, 2.24) is 4.98 Å². The summed E-state index contributed by atoms with van der Waals surface area (Å²) in [5.74, 6) is 1.73. The van der Waals surface area contributed by atoms with E-state index in [1.54, 1.807) is 18.2 Å². The molecule has 8 heteroatoms. The molecule has 0 amide bonds. The Morgan fingerprint density at radius 1 is 1.32 bits per heavy atom. The molecule has 3 aromatic rings. The minimum absolute atomic E-state index is 0.0116. The molecule has 1 aliphatic rings. The second-order valence-electron chi connectivity index (χ2n) is 5.83. The Kier molecular flexibility index (Phi) is 4.94. The normalized spacial score (nSPS) is 12.7. The van der Waals surface area contributed by atoms with Crippen LogP contribution in [0.2, 0.25) is 0 Å². The van der Waals surface area contributed by atoms with E-state index in [0.717, 1.165) is 11.3 Å². The lowest BCUT2D eigenvalue weighted by atomic mass is 10.1. The number of halogens is 1. The SMILES string of the molecule is COc1cc(/C=C(\C#N)c2nc(-c3ccc4c(c3)OCO4)cs2)cc(Br)c1O. The number of aromatic nitrogens is 1. The van der Waals surface area contributed by atoms with Gasteiger partial charge < -0.3 is 19.3 Å². The molecular formula is C20H13BrN2O4S. The van der Waals surface area contributed by atoms with Gasteiger partial charge in [-0.1, -0.05) is 0 Å². The van der Waals surface area contributed by atoms with Gasteiger partial charge >= 0.3 is 0 Å². The number of nitriles is 1. The van der Waals surface area contributed by atoms with Crippen molar-refractivity contribution in [3.05, 3.63) is 50.8 Å². The molecule has 0 radical (unpaired) electrons. The number of aromatic hydroxyl groups is 1. The molecule has 140 valence electrons. The molecule has 0 fully saturated rings. The Labute approximate surface area is 173 Å². The van der Waals surface area contributed by atoms with Crippen LogP contribution in [0.1, 0.15) is 10.6 Å². The molecule has 1 aliphatic heterocycles. The van der Waals surface area contributed by atoms with Crippen molar-refractivity contribution in [2.24, 2.45) is 0 Å². The van der Waals surface area contributed by atoms with Crippen molar-refractivity contribution in [3.8, 4) is 40.3 Å². The summed E-state index contributed by atoms with van der Waals surface area (Å²) in [6.07, 6.45) is 1.70. The fourth-order valence-electron chi connectivity index (χ4n) is 2.73. The number of phenolic OH excluding ortho intramolecular Hbond substituents is 1. The molecule has 2 heterocycles. The fourth-order valence-corrected chi connectivity index (χ4v) is 3.98. The second-order valence-corrected chi connectivity index (χ2v) is 7.54. The van der Waals surface area contributed by atoms with Crippen LogP contribution in [0, 0.1) is 11.3 Å². The van der Waals surface area contributed by atoms with Gasteiger partial charge in [-0.2, -0.15) is 5.26 Å². The molecule has 0 saturated carbocycles. The molecule has 6 nitrogen and oxygen atoms in total. The number of rotatable bonds is 4. The van der Waals surface area contributed by atoms with Crippen LogP contribution in [0.25, 0.3) is 22.9 Å². The van der Waals surface area contributed by atoms with E-state index in [1.165, 1.54) is 18.4 Å². The summed E-state index contributed by atoms with van der Waals surface area (Å²) in [5.41, 5.74) is 2.76. The van der Waals surface area contributed by atoms with E-state index in [9.17, 15) is 10.4 Å². The monoisotopic (exact) mass is 456 g/mol. The highest BCUT2D eigenvalue weighted by atomic mass is 79.9. The van der Waals surface area contributed by atoms with E-state index in [1.807, 2.05) is 23.6 Å². The average molecular weight is 457 g/mol. The van der Waals surface area contributed by atoms with Gasteiger partial charge in [0.1, 0.15) is 11.1 Å². The number of phenols is 1. The molecule has 0 atom stereocenters. The van der Waals surface area contributed by atoms with Gasteiger partial charge in [0.05, 0.1) is 22.8 Å². The number of benzene rings is 2. The fraction of sp³-hybridized carbons (Fsp3) is 0.100. The first-order valence-corrected chi connectivity index (χ1v) is 9.80. The van der Waals surface area contributed by atoms with Gasteiger partial charge in [-0.3, -0.25) is 0 Å². The lowest BCUT2D eigenvalue weighted by molar-refractivity contribution is 0.174. The number of nitrogens with zero attached hydrogens (tertiary/aromatic N) is 2. The van der Waals surface area contributed by atoms with Gasteiger partial charge in [-0.15, -0.1) is 11.3 Å². The maximum Gasteiger partial charge on any atom is 0.231 e. The van der Waals surface area contributed by atoms with E-state index in [2.05, 4.69) is 27.0 Å². The van der Waals surface area contributed by atoms with Crippen molar-refractivity contribution in [3.63, 3.8) is 0 Å². The Morgan fingerprint density at radius 3 is 2.93 bits per heavy atom. The topological polar surface area (TPSA) is 84.6 Å². The predicted octanol–water partition coefficient (Wildman–Crippen LogP) is 5.08. The van der Waals surface area contributed by atoms with Gasteiger partial charge in [0.15, 0.2) is 23.0 Å². The zero-order valence-corrected chi connectivity index (χ0v) is 17.0. The van der Waals surface area contributed by atoms with Crippen molar-refractivity contribution >= 4 is 38.9 Å². The molecule has 0 spiro atoms. The van der Waals surface area contributed by atoms with Gasteiger partial charge in [0.2, 0.25) is 6.79 Å². The molecule has 1 N–H and O–H groups in total. The minimum atomic E-state index is 0.0116. The molecule has 0 unspecified atom stereocenters. The lowest BCUT2D eigenvalue weighted by Gasteiger charge is -2.06. The number of fused-ring (bicyclic) bond motifs is 1. The maximum atomic E-state index is 9.94. The summed E-state index contributed by atoms with van der Waals surface area (Å²) in [5, 5.41) is 22.0. The van der Waals surface area contributed by atoms with Crippen LogP contribution >= 0.6 is 27.3 Å². The third kappa shape index (κ3) is 3.42. The second kappa shape index (κ2) is 7.54. The van der Waals surface area contributed by atoms with Crippen molar-refractivity contribution < 1.29 is 19.3 Å². The van der Waals surface area contributed by atoms with E-state index >= 15 is 0 Å². The third-order valence-electron chi connectivity index (χ3n) is 4.11. The standard InChI is InChI=1S/C20H13BrN2O4S/c1-25-18-6-11(5-14(21)19(18)24)4-13(8-22)20-23-15(9-28-20)12-2-3-16-17(7-12)27-10-26-16/h2-7,9,24H,10H2,1H3/b13-4+. The molecular weight excluding hydrogens is 444 g/mol. The summed E-state index contributed by atoms with van der Waals surface area (Å²) < 4.78 is 16.4. The molecule has 0 saturated heterocycles. The first kappa shape index (κ1) is 18.3. The number of allylic oxidation sites excluding steroid dienone is 1. The number of methoxy groups -OCH3 is 1. The Bertz CT molecular complexity index is 1130. The molecule has 2 aromatic carbocycles. The zero-order chi connectivity index (χ0) is 19.7. The van der Waals surface area contributed by atoms with Crippen LogP contribution in [0.5, 0.6) is 23.0 Å². The summed E-state index contributed by atoms with van der Waals surface area (Å²) in [6.45, 7) is 0.216. The largest absolute Gasteiger partial charge is 0.503 e. The molecule has 4 rings (SSSR count). The van der Waals surface area contributed by atoms with Gasteiger partial charge in [0.25, 0.3) is 0 Å². The highest BCUT2D eigenvalue weighted by Crippen LogP contribution is 2.38. The van der Waals surface area contributed by atoms with Crippen molar-refractivity contribution in [2.45, 2.75) is 0 Å². The Morgan fingerprint density at radius 2 is 2.14 bits per heavy atom. The van der Waals surface area contributed by atoms with Gasteiger partial charge in [-0.25, -0.2) is 4.98 Å². The van der Waals surface area contributed by atoms with Gasteiger partial charge in [0, 0.05) is 10.9 Å². The van der Waals surface area contributed by atoms with Gasteiger partial charge in [-0.05, 0) is 57.9 Å². The average Bonchev–Trinajstić information content (AvgIpc) is 3.37. The van der Waals surface area contributed by atoms with Crippen LogP contribution in [0.4, 0.5) is 0 Å². The first-order valence-electron chi connectivity index (χ1n) is 8.13. The summed E-state index contributed by atoms with van der Waals surface area (Å²) in [6, 6.07) is 11.2. The summed E-state index contributed by atoms with van der Waals surface area (Å²) >= 11 is 4.67. The van der Waals surface area contributed by atoms with Crippen molar-refractivity contribution in [1.29, 1.82) is 5.26 Å². The van der Waals surface area contributed by atoms with E-state index < -0.39 is 0 Å². The van der Waals surface area contributed by atoms with Crippen LogP contribution in [-0.4, -0.2) is 24.0 Å². The molecule has 28 heavy (non-hydrogen) atoms. The summed E-state index contributed by atoms with van der Waals surface area (Å²) in [4.78, 5) is 4.59. The van der Waals surface area contributed by atoms with Crippen LogP contribution in [0.3, 0.4) is 0 Å².